The molecule has 0 saturated heterocycles. The van der Waals surface area contributed by atoms with Crippen molar-refractivity contribution in [1.82, 2.24) is 15.5 Å². The molecule has 1 amide bonds. The van der Waals surface area contributed by atoms with Gasteiger partial charge >= 0.3 is 6.09 Å². The number of aliphatic hydroxyl groups is 1. The Morgan fingerprint density at radius 1 is 1.03 bits per heavy atom. The minimum atomic E-state index is -0.851. The molecule has 1 heterocycles. The van der Waals surface area contributed by atoms with Crippen molar-refractivity contribution in [3.8, 4) is 22.4 Å². The Kier molecular flexibility index (Phi) is 5.62. The summed E-state index contributed by atoms with van der Waals surface area (Å²) in [7, 11) is 0. The molecule has 7 nitrogen and oxygen atoms in total. The van der Waals surface area contributed by atoms with E-state index in [-0.39, 0.29) is 0 Å². The lowest BCUT2D eigenvalue weighted by molar-refractivity contribution is -0.0892. The molecule has 7 heteroatoms. The second-order valence-corrected chi connectivity index (χ2v) is 10.0. The number of carbonyl (C=O) groups excluding carboxylic acids is 1. The highest BCUT2D eigenvalue weighted by molar-refractivity contribution is 5.81. The van der Waals surface area contributed by atoms with Gasteiger partial charge in [0.1, 0.15) is 17.1 Å². The zero-order valence-electron chi connectivity index (χ0n) is 19.4. The third kappa shape index (κ3) is 4.98. The van der Waals surface area contributed by atoms with Gasteiger partial charge in [-0.1, -0.05) is 54.6 Å². The predicted molar refractivity (Wildman–Crippen MR) is 128 cm³/mol. The molecular formula is C26H30N4O3. The van der Waals surface area contributed by atoms with E-state index in [0.717, 1.165) is 27.9 Å². The fourth-order valence-corrected chi connectivity index (χ4v) is 4.52. The normalized spacial score (nSPS) is 22.3. The lowest BCUT2D eigenvalue weighted by Crippen LogP contribution is -2.62. The minimum absolute atomic E-state index is 0.353. The van der Waals surface area contributed by atoms with Crippen LogP contribution >= 0.6 is 0 Å². The fraction of sp³-hybridized carbons (Fsp3) is 0.346. The molecule has 4 N–H and O–H groups in total. The number of carbonyl (C=O) groups is 1. The summed E-state index contributed by atoms with van der Waals surface area (Å²) in [5.41, 5.74) is 8.15. The van der Waals surface area contributed by atoms with E-state index in [2.05, 4.69) is 15.5 Å². The Morgan fingerprint density at radius 2 is 1.67 bits per heavy atom. The van der Waals surface area contributed by atoms with Crippen molar-refractivity contribution in [3.05, 3.63) is 66.2 Å². The van der Waals surface area contributed by atoms with Crippen molar-refractivity contribution in [2.24, 2.45) is 0 Å². The number of hydrogen-bond donors (Lipinski definition) is 3. The van der Waals surface area contributed by atoms with Crippen LogP contribution in [0.4, 0.5) is 10.6 Å². The number of aromatic nitrogens is 2. The fourth-order valence-electron chi connectivity index (χ4n) is 4.52. The summed E-state index contributed by atoms with van der Waals surface area (Å²) in [6, 6.07) is 19.5. The number of benzene rings is 2. The van der Waals surface area contributed by atoms with Crippen LogP contribution in [0, 0.1) is 0 Å². The number of ether oxygens (including phenoxy) is 1. The Bertz CT molecular complexity index is 1140. The molecule has 1 aliphatic rings. The maximum absolute atomic E-state index is 12.5. The highest BCUT2D eigenvalue weighted by atomic mass is 16.6. The van der Waals surface area contributed by atoms with Gasteiger partial charge in [-0.05, 0) is 44.9 Å². The van der Waals surface area contributed by atoms with Gasteiger partial charge in [0.05, 0.1) is 11.1 Å². The highest BCUT2D eigenvalue weighted by Gasteiger charge is 2.53. The van der Waals surface area contributed by atoms with Crippen molar-refractivity contribution in [3.63, 3.8) is 0 Å². The summed E-state index contributed by atoms with van der Waals surface area (Å²) >= 11 is 0. The van der Waals surface area contributed by atoms with Gasteiger partial charge < -0.3 is 20.9 Å². The number of rotatable bonds is 4. The molecule has 1 aromatic heterocycles. The number of nitrogen functional groups attached to an aromatic ring is 1. The minimum Gasteiger partial charge on any atom is -0.444 e. The lowest BCUT2D eigenvalue weighted by Gasteiger charge is -2.52. The zero-order chi connectivity index (χ0) is 23.9. The van der Waals surface area contributed by atoms with Crippen LogP contribution < -0.4 is 11.1 Å². The summed E-state index contributed by atoms with van der Waals surface area (Å²) in [6.07, 6.45) is 0.295. The van der Waals surface area contributed by atoms with E-state index in [1.54, 1.807) is 6.92 Å². The predicted octanol–water partition coefficient (Wildman–Crippen LogP) is 4.66. The van der Waals surface area contributed by atoms with Crippen molar-refractivity contribution in [2.75, 3.05) is 5.73 Å². The molecule has 0 spiro atoms. The molecule has 3 aromatic rings. The first-order valence-corrected chi connectivity index (χ1v) is 11.0. The summed E-state index contributed by atoms with van der Waals surface area (Å²) < 4.78 is 5.47. The van der Waals surface area contributed by atoms with Gasteiger partial charge in [0.25, 0.3) is 0 Å². The largest absolute Gasteiger partial charge is 0.444 e. The first-order valence-electron chi connectivity index (χ1n) is 11.0. The number of alkyl carbamates (subject to hydrolysis) is 1. The van der Waals surface area contributed by atoms with Gasteiger partial charge in [-0.2, -0.15) is 0 Å². The SMILES string of the molecule is CC1(O)CC(NC(=O)OC(C)(C)C)(c2ccc(-c3nnc(N)cc3-c3ccccc3)cc2)C1. The molecule has 1 fully saturated rings. The molecule has 0 unspecified atom stereocenters. The Hall–Kier alpha value is -3.45. The molecule has 0 bridgehead atoms. The van der Waals surface area contributed by atoms with Crippen LogP contribution in [0.2, 0.25) is 0 Å². The Balaban J connectivity index is 1.66. The monoisotopic (exact) mass is 446 g/mol. The third-order valence-corrected chi connectivity index (χ3v) is 5.71. The van der Waals surface area contributed by atoms with Gasteiger partial charge in [-0.3, -0.25) is 0 Å². The maximum atomic E-state index is 12.5. The van der Waals surface area contributed by atoms with Crippen LogP contribution in [0.5, 0.6) is 0 Å². The average Bonchev–Trinajstić information content (AvgIpc) is 2.71. The molecule has 33 heavy (non-hydrogen) atoms. The molecule has 1 saturated carbocycles. The molecule has 0 aliphatic heterocycles. The van der Waals surface area contributed by atoms with Gasteiger partial charge in [-0.25, -0.2) is 4.79 Å². The lowest BCUT2D eigenvalue weighted by atomic mass is 9.62. The second kappa shape index (κ2) is 8.15. The number of amides is 1. The van der Waals surface area contributed by atoms with E-state index in [9.17, 15) is 9.90 Å². The molecule has 0 radical (unpaired) electrons. The van der Waals surface area contributed by atoms with Gasteiger partial charge in [0.15, 0.2) is 0 Å². The van der Waals surface area contributed by atoms with Gasteiger partial charge in [-0.15, -0.1) is 10.2 Å². The van der Waals surface area contributed by atoms with E-state index < -0.39 is 22.8 Å². The number of anilines is 1. The van der Waals surface area contributed by atoms with Crippen molar-refractivity contribution in [2.45, 2.75) is 57.3 Å². The molecule has 1 aliphatic carbocycles. The number of nitrogens with two attached hydrogens (primary N) is 1. The quantitative estimate of drug-likeness (QED) is 0.538. The molecule has 0 atom stereocenters. The Morgan fingerprint density at radius 3 is 2.24 bits per heavy atom. The zero-order valence-corrected chi connectivity index (χ0v) is 19.4. The number of nitrogens with zero attached hydrogens (tertiary/aromatic N) is 2. The summed E-state index contributed by atoms with van der Waals surface area (Å²) in [5.74, 6) is 0.353. The van der Waals surface area contributed by atoms with Crippen LogP contribution in [0.25, 0.3) is 22.4 Å². The van der Waals surface area contributed by atoms with E-state index in [0.29, 0.717) is 18.7 Å². The van der Waals surface area contributed by atoms with E-state index in [4.69, 9.17) is 10.5 Å². The van der Waals surface area contributed by atoms with Crippen molar-refractivity contribution in [1.29, 1.82) is 0 Å². The van der Waals surface area contributed by atoms with Gasteiger partial charge in [0.2, 0.25) is 0 Å². The van der Waals surface area contributed by atoms with E-state index >= 15 is 0 Å². The second-order valence-electron chi connectivity index (χ2n) is 10.0. The van der Waals surface area contributed by atoms with Crippen molar-refractivity contribution >= 4 is 11.9 Å². The van der Waals surface area contributed by atoms with Crippen LogP contribution in [0.3, 0.4) is 0 Å². The maximum Gasteiger partial charge on any atom is 0.408 e. The van der Waals surface area contributed by atoms with Crippen LogP contribution in [0.1, 0.15) is 46.1 Å². The number of nitrogens with one attached hydrogen (secondary N) is 1. The van der Waals surface area contributed by atoms with Crippen LogP contribution in [-0.2, 0) is 10.3 Å². The standard InChI is InChI=1S/C26H30N4O3/c1-24(2,3)33-23(31)28-26(15-25(4,32)16-26)19-12-10-18(11-13-19)22-20(14-21(27)29-30-22)17-8-6-5-7-9-17/h5-14,32H,15-16H2,1-4H3,(H2,27,29)(H,28,31). The highest BCUT2D eigenvalue weighted by Crippen LogP contribution is 2.48. The average molecular weight is 447 g/mol. The van der Waals surface area contributed by atoms with E-state index in [1.165, 1.54) is 0 Å². The van der Waals surface area contributed by atoms with Gasteiger partial charge in [0, 0.05) is 24.0 Å². The van der Waals surface area contributed by atoms with Crippen LogP contribution in [-0.4, -0.2) is 32.6 Å². The molecule has 2 aromatic carbocycles. The van der Waals surface area contributed by atoms with Crippen molar-refractivity contribution < 1.29 is 14.6 Å². The summed E-state index contributed by atoms with van der Waals surface area (Å²) in [6.45, 7) is 7.24. The third-order valence-electron chi connectivity index (χ3n) is 5.71. The summed E-state index contributed by atoms with van der Waals surface area (Å²) in [4.78, 5) is 12.5. The first-order chi connectivity index (χ1) is 15.5. The molecular weight excluding hydrogens is 416 g/mol. The summed E-state index contributed by atoms with van der Waals surface area (Å²) in [5, 5.41) is 21.9. The van der Waals surface area contributed by atoms with Crippen LogP contribution in [0.15, 0.2) is 60.7 Å². The smallest absolute Gasteiger partial charge is 0.408 e. The first kappa shape index (κ1) is 22.7. The molecule has 4 rings (SSSR count). The molecule has 172 valence electrons. The topological polar surface area (TPSA) is 110 Å². The number of hydrogen-bond acceptors (Lipinski definition) is 6. The van der Waals surface area contributed by atoms with E-state index in [1.807, 2.05) is 81.4 Å². The Labute approximate surface area is 194 Å².